The van der Waals surface area contributed by atoms with Crippen LogP contribution in [0.1, 0.15) is 52.2 Å². The maximum Gasteiger partial charge on any atom is 0.291 e. The third kappa shape index (κ3) is 3.39. The molecule has 1 amide bonds. The molecular weight excluding hydrogens is 340 g/mol. The van der Waals surface area contributed by atoms with Gasteiger partial charge in [-0.3, -0.25) is 9.89 Å². The van der Waals surface area contributed by atoms with Gasteiger partial charge in [-0.15, -0.1) is 0 Å². The summed E-state index contributed by atoms with van der Waals surface area (Å²) in [7, 11) is 0. The molecule has 140 valence electrons. The number of oxazole rings is 1. The topological polar surface area (TPSA) is 75.0 Å². The standard InChI is InChI=1S/C21H24N4O2/c1-13-6-8-16(9-7-13)18-11-22-24-19(18)17-5-4-10-25(12-17)21(26)20-14(2)23-15(3)27-20/h6-9,11,17H,4-5,10,12H2,1-3H3,(H,22,24)/t17-/m1/s1. The maximum absolute atomic E-state index is 12.9. The number of hydrogen-bond donors (Lipinski definition) is 1. The Labute approximate surface area is 158 Å². The van der Waals surface area contributed by atoms with E-state index in [0.29, 0.717) is 23.9 Å². The largest absolute Gasteiger partial charge is 0.436 e. The number of carbonyl (C=O) groups is 1. The number of nitrogens with zero attached hydrogens (tertiary/aromatic N) is 3. The first-order valence-electron chi connectivity index (χ1n) is 9.36. The van der Waals surface area contributed by atoms with Crippen LogP contribution < -0.4 is 0 Å². The van der Waals surface area contributed by atoms with Crippen LogP contribution in [0.3, 0.4) is 0 Å². The molecule has 0 aliphatic carbocycles. The lowest BCUT2D eigenvalue weighted by Crippen LogP contribution is -2.39. The van der Waals surface area contributed by atoms with Crippen molar-refractivity contribution in [1.82, 2.24) is 20.1 Å². The molecule has 1 fully saturated rings. The Morgan fingerprint density at radius 3 is 2.70 bits per heavy atom. The molecule has 0 radical (unpaired) electrons. The molecule has 0 saturated carbocycles. The molecule has 6 heteroatoms. The molecule has 1 aliphatic heterocycles. The molecule has 6 nitrogen and oxygen atoms in total. The predicted molar refractivity (Wildman–Crippen MR) is 103 cm³/mol. The van der Waals surface area contributed by atoms with Gasteiger partial charge in [-0.25, -0.2) is 4.98 Å². The Hall–Kier alpha value is -2.89. The average molecular weight is 364 g/mol. The summed E-state index contributed by atoms with van der Waals surface area (Å²) in [4.78, 5) is 19.0. The second-order valence-corrected chi connectivity index (χ2v) is 7.30. The van der Waals surface area contributed by atoms with Gasteiger partial charge in [0.15, 0.2) is 5.89 Å². The van der Waals surface area contributed by atoms with E-state index in [0.717, 1.165) is 36.2 Å². The van der Waals surface area contributed by atoms with Crippen LogP contribution in [0, 0.1) is 20.8 Å². The van der Waals surface area contributed by atoms with Gasteiger partial charge in [-0.05, 0) is 32.3 Å². The van der Waals surface area contributed by atoms with Crippen LogP contribution in [0.5, 0.6) is 0 Å². The van der Waals surface area contributed by atoms with Crippen LogP contribution in [-0.2, 0) is 0 Å². The molecule has 3 heterocycles. The molecule has 0 spiro atoms. The minimum Gasteiger partial charge on any atom is -0.436 e. The number of aromatic nitrogens is 3. The number of amides is 1. The lowest BCUT2D eigenvalue weighted by molar-refractivity contribution is 0.0671. The zero-order valence-corrected chi connectivity index (χ0v) is 16.0. The Balaban J connectivity index is 1.57. The van der Waals surface area contributed by atoms with E-state index >= 15 is 0 Å². The van der Waals surface area contributed by atoms with Crippen molar-refractivity contribution in [2.45, 2.75) is 39.5 Å². The number of H-pyrrole nitrogens is 1. The van der Waals surface area contributed by atoms with Crippen molar-refractivity contribution in [3.8, 4) is 11.1 Å². The van der Waals surface area contributed by atoms with Gasteiger partial charge < -0.3 is 9.32 Å². The fourth-order valence-electron chi connectivity index (χ4n) is 3.84. The van der Waals surface area contributed by atoms with E-state index in [1.54, 1.807) is 6.92 Å². The Morgan fingerprint density at radius 1 is 1.22 bits per heavy atom. The second kappa shape index (κ2) is 7.02. The summed E-state index contributed by atoms with van der Waals surface area (Å²) in [5, 5.41) is 7.46. The number of carbonyl (C=O) groups excluding carboxylic acids is 1. The van der Waals surface area contributed by atoms with E-state index in [4.69, 9.17) is 4.42 Å². The van der Waals surface area contributed by atoms with Crippen molar-refractivity contribution in [1.29, 1.82) is 0 Å². The number of likely N-dealkylation sites (tertiary alicyclic amines) is 1. The van der Waals surface area contributed by atoms with E-state index in [2.05, 4.69) is 46.4 Å². The van der Waals surface area contributed by atoms with Crippen molar-refractivity contribution in [3.63, 3.8) is 0 Å². The summed E-state index contributed by atoms with van der Waals surface area (Å²) >= 11 is 0. The normalized spacial score (nSPS) is 17.3. The van der Waals surface area contributed by atoms with Crippen molar-refractivity contribution >= 4 is 5.91 Å². The number of benzene rings is 1. The van der Waals surface area contributed by atoms with Gasteiger partial charge in [0.05, 0.1) is 11.9 Å². The summed E-state index contributed by atoms with van der Waals surface area (Å²) in [5.41, 5.74) is 5.25. The first-order chi connectivity index (χ1) is 13.0. The van der Waals surface area contributed by atoms with Gasteiger partial charge >= 0.3 is 0 Å². The second-order valence-electron chi connectivity index (χ2n) is 7.30. The molecule has 1 atom stereocenters. The molecule has 2 aromatic heterocycles. The van der Waals surface area contributed by atoms with Crippen molar-refractivity contribution in [2.75, 3.05) is 13.1 Å². The Kier molecular flexibility index (Phi) is 4.56. The number of piperidine rings is 1. The molecule has 0 unspecified atom stereocenters. The summed E-state index contributed by atoms with van der Waals surface area (Å²) in [5.74, 6) is 1.04. The SMILES string of the molecule is Cc1ccc(-c2cn[nH]c2[C@@H]2CCCN(C(=O)c3oc(C)nc3C)C2)cc1. The molecule has 1 aliphatic rings. The fourth-order valence-corrected chi connectivity index (χ4v) is 3.84. The Bertz CT molecular complexity index is 955. The van der Waals surface area contributed by atoms with Gasteiger partial charge in [0.1, 0.15) is 0 Å². The third-order valence-electron chi connectivity index (χ3n) is 5.25. The molecule has 1 saturated heterocycles. The van der Waals surface area contributed by atoms with E-state index in [1.807, 2.05) is 18.0 Å². The zero-order chi connectivity index (χ0) is 19.0. The van der Waals surface area contributed by atoms with Gasteiger partial charge in [0, 0.05) is 37.2 Å². The fraction of sp³-hybridized carbons (Fsp3) is 0.381. The molecule has 27 heavy (non-hydrogen) atoms. The van der Waals surface area contributed by atoms with Crippen molar-refractivity contribution in [3.05, 3.63) is 59.1 Å². The summed E-state index contributed by atoms with van der Waals surface area (Å²) < 4.78 is 5.54. The maximum atomic E-state index is 12.9. The third-order valence-corrected chi connectivity index (χ3v) is 5.25. The number of nitrogens with one attached hydrogen (secondary N) is 1. The summed E-state index contributed by atoms with van der Waals surface area (Å²) in [6.07, 6.45) is 3.86. The Morgan fingerprint density at radius 2 is 2.00 bits per heavy atom. The first-order valence-corrected chi connectivity index (χ1v) is 9.36. The van der Waals surface area contributed by atoms with Crippen molar-refractivity contribution in [2.24, 2.45) is 0 Å². The van der Waals surface area contributed by atoms with Crippen LogP contribution in [0.25, 0.3) is 11.1 Å². The molecule has 0 bridgehead atoms. The molecule has 4 rings (SSSR count). The minimum absolute atomic E-state index is 0.0748. The highest BCUT2D eigenvalue weighted by molar-refractivity contribution is 5.92. The number of hydrogen-bond acceptors (Lipinski definition) is 4. The van der Waals surface area contributed by atoms with Crippen LogP contribution in [0.15, 0.2) is 34.9 Å². The van der Waals surface area contributed by atoms with Gasteiger partial charge in [0.2, 0.25) is 5.76 Å². The number of aryl methyl sites for hydroxylation is 3. The van der Waals surface area contributed by atoms with E-state index < -0.39 is 0 Å². The monoisotopic (exact) mass is 364 g/mol. The predicted octanol–water partition coefficient (Wildman–Crippen LogP) is 4.01. The van der Waals surface area contributed by atoms with Gasteiger partial charge in [-0.2, -0.15) is 5.10 Å². The van der Waals surface area contributed by atoms with Gasteiger partial charge in [0.25, 0.3) is 5.91 Å². The molecular formula is C21H24N4O2. The van der Waals surface area contributed by atoms with E-state index in [1.165, 1.54) is 5.56 Å². The highest BCUT2D eigenvalue weighted by Crippen LogP contribution is 2.33. The number of aromatic amines is 1. The molecule has 1 aromatic carbocycles. The van der Waals surface area contributed by atoms with E-state index in [9.17, 15) is 4.79 Å². The highest BCUT2D eigenvalue weighted by Gasteiger charge is 2.30. The average Bonchev–Trinajstić information content (AvgIpc) is 3.28. The van der Waals surface area contributed by atoms with Crippen LogP contribution in [0.4, 0.5) is 0 Å². The highest BCUT2D eigenvalue weighted by atomic mass is 16.4. The molecule has 1 N–H and O–H groups in total. The van der Waals surface area contributed by atoms with Crippen LogP contribution >= 0.6 is 0 Å². The van der Waals surface area contributed by atoms with E-state index in [-0.39, 0.29) is 11.8 Å². The van der Waals surface area contributed by atoms with Crippen LogP contribution in [0.2, 0.25) is 0 Å². The smallest absolute Gasteiger partial charge is 0.291 e. The quantitative estimate of drug-likeness (QED) is 0.762. The lowest BCUT2D eigenvalue weighted by Gasteiger charge is -2.32. The number of rotatable bonds is 3. The van der Waals surface area contributed by atoms with Crippen LogP contribution in [-0.4, -0.2) is 39.1 Å². The van der Waals surface area contributed by atoms with Crippen molar-refractivity contribution < 1.29 is 9.21 Å². The molecule has 3 aromatic rings. The zero-order valence-electron chi connectivity index (χ0n) is 16.0. The summed E-state index contributed by atoms with van der Waals surface area (Å²) in [6.45, 7) is 7.05. The minimum atomic E-state index is -0.0748. The summed E-state index contributed by atoms with van der Waals surface area (Å²) in [6, 6.07) is 8.46. The van der Waals surface area contributed by atoms with Gasteiger partial charge in [-0.1, -0.05) is 29.8 Å². The first kappa shape index (κ1) is 17.5. The lowest BCUT2D eigenvalue weighted by atomic mass is 9.90.